The smallest absolute Gasteiger partial charge is 0.325 e. The van der Waals surface area contributed by atoms with Crippen molar-refractivity contribution in [1.29, 1.82) is 0 Å². The maximum Gasteiger partial charge on any atom is 0.418 e. The summed E-state index contributed by atoms with van der Waals surface area (Å²) < 4.78 is 39.0. The molecule has 25 heavy (non-hydrogen) atoms. The summed E-state index contributed by atoms with van der Waals surface area (Å²) in [5, 5.41) is 2.01. The van der Waals surface area contributed by atoms with Crippen LogP contribution in [0.1, 0.15) is 12.0 Å². The Morgan fingerprint density at radius 3 is 2.36 bits per heavy atom. The van der Waals surface area contributed by atoms with E-state index in [0.29, 0.717) is 5.69 Å². The first-order valence-corrected chi connectivity index (χ1v) is 7.54. The van der Waals surface area contributed by atoms with Crippen LogP contribution < -0.4 is 10.2 Å². The number of para-hydroxylation sites is 1. The van der Waals surface area contributed by atoms with E-state index < -0.39 is 35.7 Å². The lowest BCUT2D eigenvalue weighted by molar-refractivity contribution is -0.137. The highest BCUT2D eigenvalue weighted by molar-refractivity contribution is 6.30. The normalized spacial score (nSPS) is 11.1. The summed E-state index contributed by atoms with van der Waals surface area (Å²) in [5.74, 6) is -1.40. The fourth-order valence-corrected chi connectivity index (χ4v) is 2.28. The number of rotatable bonds is 4. The van der Waals surface area contributed by atoms with E-state index >= 15 is 0 Å². The van der Waals surface area contributed by atoms with Crippen molar-refractivity contribution in [2.75, 3.05) is 17.3 Å². The maximum absolute atomic E-state index is 13.0. The molecule has 0 saturated carbocycles. The van der Waals surface area contributed by atoms with Gasteiger partial charge in [0, 0.05) is 17.8 Å². The molecule has 132 valence electrons. The molecule has 0 bridgehead atoms. The quantitative estimate of drug-likeness (QED) is 0.813. The van der Waals surface area contributed by atoms with E-state index in [-0.39, 0.29) is 5.02 Å². The molecule has 0 aliphatic carbocycles. The Morgan fingerprint density at radius 2 is 1.76 bits per heavy atom. The molecule has 0 heterocycles. The van der Waals surface area contributed by atoms with Crippen molar-refractivity contribution in [2.24, 2.45) is 0 Å². The Bertz CT molecular complexity index is 779. The molecule has 0 aliphatic heterocycles. The molecule has 0 aliphatic rings. The Balaban J connectivity index is 2.09. The van der Waals surface area contributed by atoms with E-state index in [9.17, 15) is 22.8 Å². The molecular weight excluding hydrogens is 357 g/mol. The van der Waals surface area contributed by atoms with Gasteiger partial charge in [0.05, 0.1) is 11.3 Å². The lowest BCUT2D eigenvalue weighted by atomic mass is 10.1. The minimum Gasteiger partial charge on any atom is -0.325 e. The number of hydrogen-bond donors (Lipinski definition) is 1. The van der Waals surface area contributed by atoms with Crippen molar-refractivity contribution in [3.8, 4) is 0 Å². The maximum atomic E-state index is 13.0. The Morgan fingerprint density at radius 1 is 1.12 bits per heavy atom. The fraction of sp³-hybridized carbons (Fsp3) is 0.176. The summed E-state index contributed by atoms with van der Waals surface area (Å²) in [4.78, 5) is 25.3. The van der Waals surface area contributed by atoms with Crippen molar-refractivity contribution in [2.45, 2.75) is 12.6 Å². The Kier molecular flexibility index (Phi) is 5.69. The largest absolute Gasteiger partial charge is 0.418 e. The molecule has 1 N–H and O–H groups in total. The van der Waals surface area contributed by atoms with E-state index in [2.05, 4.69) is 5.32 Å². The fourth-order valence-electron chi connectivity index (χ4n) is 2.11. The average Bonchev–Trinajstić information content (AvgIpc) is 2.55. The van der Waals surface area contributed by atoms with Gasteiger partial charge in [-0.25, -0.2) is 0 Å². The van der Waals surface area contributed by atoms with E-state index in [4.69, 9.17) is 11.6 Å². The molecule has 0 fully saturated rings. The van der Waals surface area contributed by atoms with E-state index in [1.54, 1.807) is 30.3 Å². The van der Waals surface area contributed by atoms with Crippen molar-refractivity contribution < 1.29 is 22.8 Å². The molecule has 8 heteroatoms. The molecule has 2 aromatic rings. The van der Waals surface area contributed by atoms with Crippen molar-refractivity contribution in [1.82, 2.24) is 0 Å². The highest BCUT2D eigenvalue weighted by Gasteiger charge is 2.34. The van der Waals surface area contributed by atoms with Crippen molar-refractivity contribution >= 4 is 34.8 Å². The summed E-state index contributed by atoms with van der Waals surface area (Å²) in [5.41, 5.74) is -0.947. The predicted octanol–water partition coefficient (Wildman–Crippen LogP) is 4.35. The lowest BCUT2D eigenvalue weighted by Crippen LogP contribution is -2.30. The predicted molar refractivity (Wildman–Crippen MR) is 89.6 cm³/mol. The summed E-state index contributed by atoms with van der Waals surface area (Å²) in [6, 6.07) is 11.6. The van der Waals surface area contributed by atoms with Gasteiger partial charge in [0.1, 0.15) is 6.42 Å². The summed E-state index contributed by atoms with van der Waals surface area (Å²) in [6.45, 7) is 0. The number of alkyl halides is 3. The topological polar surface area (TPSA) is 49.4 Å². The Hall–Kier alpha value is -2.54. The zero-order valence-corrected chi connectivity index (χ0v) is 13.9. The molecule has 0 unspecified atom stereocenters. The summed E-state index contributed by atoms with van der Waals surface area (Å²) in [6.07, 6.45) is -5.27. The van der Waals surface area contributed by atoms with Crippen LogP contribution in [0.3, 0.4) is 0 Å². The standard InChI is InChI=1S/C17H14ClF3N2O2/c1-23(12-5-3-2-4-6-12)16(25)10-15(24)22-14-8-7-11(18)9-13(14)17(19,20)21/h2-9H,10H2,1H3,(H,22,24). The van der Waals surface area contributed by atoms with Crippen LogP contribution in [0.2, 0.25) is 5.02 Å². The van der Waals surface area contributed by atoms with Crippen LogP contribution in [-0.2, 0) is 15.8 Å². The molecule has 0 saturated heterocycles. The number of hydrogen-bond acceptors (Lipinski definition) is 2. The third kappa shape index (κ3) is 4.96. The van der Waals surface area contributed by atoms with Crippen LogP contribution >= 0.6 is 11.6 Å². The second-order valence-corrected chi connectivity index (χ2v) is 5.64. The van der Waals surface area contributed by atoms with Gasteiger partial charge in [-0.05, 0) is 30.3 Å². The highest BCUT2D eigenvalue weighted by Crippen LogP contribution is 2.36. The number of carbonyl (C=O) groups excluding carboxylic acids is 2. The second kappa shape index (κ2) is 7.57. The van der Waals surface area contributed by atoms with Crippen LogP contribution in [0.15, 0.2) is 48.5 Å². The molecular formula is C17H14ClF3N2O2. The minimum absolute atomic E-state index is 0.106. The first kappa shape index (κ1) is 18.8. The lowest BCUT2D eigenvalue weighted by Gasteiger charge is -2.18. The van der Waals surface area contributed by atoms with E-state index in [1.807, 2.05) is 0 Å². The van der Waals surface area contributed by atoms with Gasteiger partial charge >= 0.3 is 6.18 Å². The van der Waals surface area contributed by atoms with Crippen molar-refractivity contribution in [3.05, 3.63) is 59.1 Å². The van der Waals surface area contributed by atoms with Crippen LogP contribution in [0.4, 0.5) is 24.5 Å². The van der Waals surface area contributed by atoms with Crippen LogP contribution in [0.5, 0.6) is 0 Å². The SMILES string of the molecule is CN(C(=O)CC(=O)Nc1ccc(Cl)cc1C(F)(F)F)c1ccccc1. The number of amides is 2. The molecule has 4 nitrogen and oxygen atoms in total. The van der Waals surface area contributed by atoms with Crippen LogP contribution in [0, 0.1) is 0 Å². The Labute approximate surface area is 147 Å². The molecule has 2 rings (SSSR count). The van der Waals surface area contributed by atoms with Gasteiger partial charge in [-0.2, -0.15) is 13.2 Å². The monoisotopic (exact) mass is 370 g/mol. The number of anilines is 2. The first-order chi connectivity index (χ1) is 11.7. The zero-order chi connectivity index (χ0) is 18.6. The van der Waals surface area contributed by atoms with Crippen molar-refractivity contribution in [3.63, 3.8) is 0 Å². The molecule has 2 aromatic carbocycles. The minimum atomic E-state index is -4.68. The zero-order valence-electron chi connectivity index (χ0n) is 13.1. The van der Waals surface area contributed by atoms with Gasteiger partial charge in [-0.1, -0.05) is 29.8 Å². The molecule has 0 spiro atoms. The van der Waals surface area contributed by atoms with E-state index in [1.165, 1.54) is 18.0 Å². The average molecular weight is 371 g/mol. The second-order valence-electron chi connectivity index (χ2n) is 5.20. The number of carbonyl (C=O) groups is 2. The number of nitrogens with zero attached hydrogens (tertiary/aromatic N) is 1. The number of nitrogens with one attached hydrogen (secondary N) is 1. The molecule has 0 aromatic heterocycles. The van der Waals surface area contributed by atoms with Crippen LogP contribution in [0.25, 0.3) is 0 Å². The van der Waals surface area contributed by atoms with Gasteiger partial charge in [0.2, 0.25) is 11.8 Å². The first-order valence-electron chi connectivity index (χ1n) is 7.16. The molecule has 0 radical (unpaired) electrons. The molecule has 2 amide bonds. The molecule has 0 atom stereocenters. The number of halogens is 4. The van der Waals surface area contributed by atoms with Gasteiger partial charge in [-0.15, -0.1) is 0 Å². The van der Waals surface area contributed by atoms with E-state index in [0.717, 1.165) is 12.1 Å². The van der Waals surface area contributed by atoms with Crippen LogP contribution in [-0.4, -0.2) is 18.9 Å². The third-order valence-corrected chi connectivity index (χ3v) is 3.63. The number of benzene rings is 2. The van der Waals surface area contributed by atoms with Gasteiger partial charge in [0.15, 0.2) is 0 Å². The highest BCUT2D eigenvalue weighted by atomic mass is 35.5. The van der Waals surface area contributed by atoms with Gasteiger partial charge in [0.25, 0.3) is 0 Å². The van der Waals surface area contributed by atoms with Gasteiger partial charge < -0.3 is 10.2 Å². The third-order valence-electron chi connectivity index (χ3n) is 3.39. The van der Waals surface area contributed by atoms with Gasteiger partial charge in [-0.3, -0.25) is 9.59 Å². The summed E-state index contributed by atoms with van der Waals surface area (Å²) >= 11 is 5.58. The summed E-state index contributed by atoms with van der Waals surface area (Å²) in [7, 11) is 1.48.